The lowest BCUT2D eigenvalue weighted by Gasteiger charge is -2.27. The molecule has 0 bridgehead atoms. The molecule has 8 heteroatoms. The van der Waals surface area contributed by atoms with Crippen molar-refractivity contribution in [2.45, 2.75) is 25.7 Å². The highest BCUT2D eigenvalue weighted by atomic mass is 19.1. The molecule has 1 N–H and O–H groups in total. The van der Waals surface area contributed by atoms with Crippen molar-refractivity contribution >= 4 is 29.2 Å². The number of rotatable bonds is 3. The van der Waals surface area contributed by atoms with Gasteiger partial charge in [0.1, 0.15) is 5.82 Å². The van der Waals surface area contributed by atoms with Crippen molar-refractivity contribution in [2.75, 3.05) is 42.9 Å². The molecule has 0 saturated carbocycles. The van der Waals surface area contributed by atoms with Crippen LogP contribution in [0.5, 0.6) is 0 Å². The molecule has 2 heterocycles. The summed E-state index contributed by atoms with van der Waals surface area (Å²) < 4.78 is 13.1. The lowest BCUT2D eigenvalue weighted by Crippen LogP contribution is -2.39. The van der Waals surface area contributed by atoms with E-state index in [1.165, 1.54) is 24.3 Å². The van der Waals surface area contributed by atoms with Gasteiger partial charge in [0.2, 0.25) is 5.91 Å². The summed E-state index contributed by atoms with van der Waals surface area (Å²) in [5.41, 5.74) is 1.86. The molecular formula is C24H27FN4O3. The number of piperidine rings is 1. The Morgan fingerprint density at radius 1 is 0.844 bits per heavy atom. The summed E-state index contributed by atoms with van der Waals surface area (Å²) in [7, 11) is 0. The third kappa shape index (κ3) is 5.07. The minimum atomic E-state index is -0.381. The molecule has 7 nitrogen and oxygen atoms in total. The van der Waals surface area contributed by atoms with Gasteiger partial charge in [0.15, 0.2) is 0 Å². The molecule has 0 aromatic heterocycles. The van der Waals surface area contributed by atoms with Crippen molar-refractivity contribution in [3.8, 4) is 0 Å². The topological polar surface area (TPSA) is 73.0 Å². The van der Waals surface area contributed by atoms with Gasteiger partial charge in [-0.2, -0.15) is 0 Å². The normalized spacial score (nSPS) is 17.2. The van der Waals surface area contributed by atoms with Gasteiger partial charge in [0.25, 0.3) is 5.91 Å². The number of hydrogen-bond donors (Lipinski definition) is 1. The summed E-state index contributed by atoms with van der Waals surface area (Å²) in [6, 6.07) is 12.6. The maximum Gasteiger partial charge on any atom is 0.321 e. The predicted molar refractivity (Wildman–Crippen MR) is 120 cm³/mol. The summed E-state index contributed by atoms with van der Waals surface area (Å²) in [6.07, 6.45) is 3.10. The van der Waals surface area contributed by atoms with Crippen molar-refractivity contribution in [1.29, 1.82) is 0 Å². The Morgan fingerprint density at radius 2 is 1.59 bits per heavy atom. The van der Waals surface area contributed by atoms with E-state index in [9.17, 15) is 18.8 Å². The van der Waals surface area contributed by atoms with Crippen LogP contribution in [0.3, 0.4) is 0 Å². The number of benzene rings is 2. The first-order valence-electron chi connectivity index (χ1n) is 11.0. The molecule has 4 rings (SSSR count). The van der Waals surface area contributed by atoms with Gasteiger partial charge in [-0.15, -0.1) is 0 Å². The highest BCUT2D eigenvalue weighted by Crippen LogP contribution is 2.24. The Hall–Kier alpha value is -3.42. The van der Waals surface area contributed by atoms with Gasteiger partial charge in [-0.3, -0.25) is 9.59 Å². The average molecular weight is 439 g/mol. The summed E-state index contributed by atoms with van der Waals surface area (Å²) in [6.45, 7) is 2.57. The fourth-order valence-electron chi connectivity index (χ4n) is 4.13. The maximum absolute atomic E-state index is 13.1. The van der Waals surface area contributed by atoms with Gasteiger partial charge in [-0.1, -0.05) is 6.07 Å². The molecule has 0 aliphatic carbocycles. The standard InChI is InChI=1S/C24H27FN4O3/c25-19-10-8-18(9-11-19)23(31)27-12-4-13-28(16-15-27)24(32)26-20-5-3-6-21(17-20)29-14-2-1-7-22(29)30/h3,5-6,8-11,17H,1-2,4,7,12-16H2,(H,26,32). The van der Waals surface area contributed by atoms with Crippen LogP contribution >= 0.6 is 0 Å². The molecule has 2 saturated heterocycles. The number of amides is 4. The van der Waals surface area contributed by atoms with Crippen LogP contribution in [0, 0.1) is 5.82 Å². The van der Waals surface area contributed by atoms with Crippen LogP contribution in [0.4, 0.5) is 20.6 Å². The van der Waals surface area contributed by atoms with Crippen molar-refractivity contribution in [1.82, 2.24) is 9.80 Å². The Morgan fingerprint density at radius 3 is 2.38 bits per heavy atom. The lowest BCUT2D eigenvalue weighted by atomic mass is 10.1. The molecule has 4 amide bonds. The number of urea groups is 1. The Balaban J connectivity index is 1.36. The fourth-order valence-corrected chi connectivity index (χ4v) is 4.13. The first-order chi connectivity index (χ1) is 15.5. The fraction of sp³-hybridized carbons (Fsp3) is 0.375. The number of anilines is 2. The van der Waals surface area contributed by atoms with Gasteiger partial charge in [0.05, 0.1) is 0 Å². The molecule has 2 aliphatic rings. The number of halogens is 1. The zero-order valence-corrected chi connectivity index (χ0v) is 17.9. The second-order valence-electron chi connectivity index (χ2n) is 8.12. The zero-order valence-electron chi connectivity index (χ0n) is 17.9. The highest BCUT2D eigenvalue weighted by molar-refractivity contribution is 5.96. The number of nitrogens with zero attached hydrogens (tertiary/aromatic N) is 3. The third-order valence-electron chi connectivity index (χ3n) is 5.89. The van der Waals surface area contributed by atoms with E-state index >= 15 is 0 Å². The SMILES string of the molecule is O=C(Nc1cccc(N2CCCCC2=O)c1)N1CCCN(C(=O)c2ccc(F)cc2)CC1. The quantitative estimate of drug-likeness (QED) is 0.794. The Kier molecular flexibility index (Phi) is 6.68. The maximum atomic E-state index is 13.1. The minimum Gasteiger partial charge on any atom is -0.337 e. The van der Waals surface area contributed by atoms with Crippen molar-refractivity contribution in [2.24, 2.45) is 0 Å². The Bertz CT molecular complexity index is 995. The van der Waals surface area contributed by atoms with Crippen LogP contribution in [0.25, 0.3) is 0 Å². The molecule has 0 radical (unpaired) electrons. The van der Waals surface area contributed by atoms with Gasteiger partial charge in [-0.05, 0) is 61.7 Å². The van der Waals surface area contributed by atoms with Gasteiger partial charge in [-0.25, -0.2) is 9.18 Å². The number of nitrogens with one attached hydrogen (secondary N) is 1. The summed E-state index contributed by atoms with van der Waals surface area (Å²) in [5.74, 6) is -0.432. The van der Waals surface area contributed by atoms with Gasteiger partial charge in [0, 0.05) is 56.1 Å². The lowest BCUT2D eigenvalue weighted by molar-refractivity contribution is -0.119. The number of carbonyl (C=O) groups excluding carboxylic acids is 3. The molecule has 2 aromatic carbocycles. The van der Waals surface area contributed by atoms with E-state index in [0.29, 0.717) is 56.8 Å². The van der Waals surface area contributed by atoms with Crippen LogP contribution in [0.15, 0.2) is 48.5 Å². The first-order valence-corrected chi connectivity index (χ1v) is 11.0. The molecule has 0 unspecified atom stereocenters. The first kappa shape index (κ1) is 21.8. The molecule has 2 aliphatic heterocycles. The minimum absolute atomic E-state index is 0.109. The molecule has 32 heavy (non-hydrogen) atoms. The Labute approximate surface area is 186 Å². The number of hydrogen-bond acceptors (Lipinski definition) is 3. The van der Waals surface area contributed by atoms with Crippen molar-refractivity contribution in [3.05, 3.63) is 59.9 Å². The third-order valence-corrected chi connectivity index (χ3v) is 5.89. The van der Waals surface area contributed by atoms with E-state index in [2.05, 4.69) is 5.32 Å². The van der Waals surface area contributed by atoms with Crippen LogP contribution in [0.1, 0.15) is 36.0 Å². The van der Waals surface area contributed by atoms with Crippen molar-refractivity contribution in [3.63, 3.8) is 0 Å². The van der Waals surface area contributed by atoms with E-state index < -0.39 is 0 Å². The van der Waals surface area contributed by atoms with Crippen molar-refractivity contribution < 1.29 is 18.8 Å². The smallest absolute Gasteiger partial charge is 0.321 e. The van der Waals surface area contributed by atoms with E-state index in [1.54, 1.807) is 20.8 Å². The van der Waals surface area contributed by atoms with Crippen LogP contribution in [0.2, 0.25) is 0 Å². The average Bonchev–Trinajstić information content (AvgIpc) is 3.06. The molecule has 0 atom stereocenters. The monoisotopic (exact) mass is 438 g/mol. The summed E-state index contributed by atoms with van der Waals surface area (Å²) in [4.78, 5) is 42.9. The predicted octanol–water partition coefficient (Wildman–Crippen LogP) is 3.72. The molecular weight excluding hydrogens is 411 g/mol. The summed E-state index contributed by atoms with van der Waals surface area (Å²) in [5, 5.41) is 2.92. The van der Waals surface area contributed by atoms with E-state index in [1.807, 2.05) is 18.2 Å². The highest BCUT2D eigenvalue weighted by Gasteiger charge is 2.24. The molecule has 0 spiro atoms. The van der Waals surface area contributed by atoms with E-state index in [4.69, 9.17) is 0 Å². The largest absolute Gasteiger partial charge is 0.337 e. The van der Waals surface area contributed by atoms with Crippen LogP contribution in [-0.2, 0) is 4.79 Å². The molecule has 2 fully saturated rings. The molecule has 2 aromatic rings. The second-order valence-corrected chi connectivity index (χ2v) is 8.12. The van der Waals surface area contributed by atoms with Gasteiger partial charge < -0.3 is 20.0 Å². The number of carbonyl (C=O) groups is 3. The van der Waals surface area contributed by atoms with E-state index in [0.717, 1.165) is 18.5 Å². The summed E-state index contributed by atoms with van der Waals surface area (Å²) >= 11 is 0. The zero-order chi connectivity index (χ0) is 22.5. The van der Waals surface area contributed by atoms with Gasteiger partial charge >= 0.3 is 6.03 Å². The van der Waals surface area contributed by atoms with Crippen LogP contribution in [-0.4, -0.2) is 60.4 Å². The molecule has 168 valence electrons. The second kappa shape index (κ2) is 9.80. The van der Waals surface area contributed by atoms with E-state index in [-0.39, 0.29) is 23.7 Å². The van der Waals surface area contributed by atoms with Crippen LogP contribution < -0.4 is 10.2 Å².